The standard InChI is InChI=1S/C21H26NO10PS/c1-29-17-8-6-5-7-14(17)20(31-3)21(32-4)15-10-18(30-2)16(9-13(15)12-34(27)28)22-19(23)11-33(24,25)26/h5-10H,11-12H2,1-4H3,(H,22,23)(H,27,28)(H2,24,25,26)/p-1. The van der Waals surface area contributed by atoms with E-state index in [4.69, 9.17) is 28.7 Å². The van der Waals surface area contributed by atoms with Crippen LogP contribution in [-0.4, -0.2) is 59.1 Å². The molecular weight excluding hydrogens is 489 g/mol. The van der Waals surface area contributed by atoms with Crippen LogP contribution >= 0.6 is 7.60 Å². The molecule has 34 heavy (non-hydrogen) atoms. The summed E-state index contributed by atoms with van der Waals surface area (Å²) in [5.74, 6) is -0.438. The number of methoxy groups -OCH3 is 4. The van der Waals surface area contributed by atoms with Gasteiger partial charge in [0.05, 0.1) is 39.7 Å². The van der Waals surface area contributed by atoms with Crippen LogP contribution in [0.1, 0.15) is 16.7 Å². The number of carbonyl (C=O) groups is 1. The van der Waals surface area contributed by atoms with Gasteiger partial charge in [-0.15, -0.1) is 0 Å². The maximum absolute atomic E-state index is 12.1. The summed E-state index contributed by atoms with van der Waals surface area (Å²) in [4.78, 5) is 30.2. The molecule has 0 heterocycles. The third-order valence-corrected chi connectivity index (χ3v) is 5.78. The predicted octanol–water partition coefficient (Wildman–Crippen LogP) is 2.32. The van der Waals surface area contributed by atoms with Gasteiger partial charge in [0.25, 0.3) is 0 Å². The van der Waals surface area contributed by atoms with Crippen LogP contribution in [0, 0.1) is 0 Å². The number of rotatable bonds is 11. The van der Waals surface area contributed by atoms with E-state index in [1.54, 1.807) is 24.3 Å². The Labute approximate surface area is 199 Å². The molecule has 0 bridgehead atoms. The number of carbonyl (C=O) groups excluding carboxylic acids is 1. The molecule has 0 aliphatic heterocycles. The lowest BCUT2D eigenvalue weighted by Crippen LogP contribution is -2.17. The van der Waals surface area contributed by atoms with Gasteiger partial charge >= 0.3 is 7.60 Å². The molecule has 1 amide bonds. The SMILES string of the molecule is COC(=C(OC)c1ccccc1OC)c1cc(OC)c(NC(=O)CP(=O)(O)O)cc1CS(=O)[O-]. The van der Waals surface area contributed by atoms with E-state index in [1.807, 2.05) is 0 Å². The second kappa shape index (κ2) is 12.0. The molecule has 1 unspecified atom stereocenters. The third kappa shape index (κ3) is 7.05. The minimum absolute atomic E-state index is 0.0249. The maximum atomic E-state index is 12.1. The summed E-state index contributed by atoms with van der Waals surface area (Å²) in [5, 5.41) is 2.34. The third-order valence-electron chi connectivity index (χ3n) is 4.53. The minimum Gasteiger partial charge on any atom is -0.772 e. The van der Waals surface area contributed by atoms with Crippen LogP contribution in [0.4, 0.5) is 5.69 Å². The van der Waals surface area contributed by atoms with Crippen LogP contribution in [0.3, 0.4) is 0 Å². The lowest BCUT2D eigenvalue weighted by Gasteiger charge is -2.21. The summed E-state index contributed by atoms with van der Waals surface area (Å²) in [6.07, 6.45) is -1.05. The smallest absolute Gasteiger partial charge is 0.334 e. The van der Waals surface area contributed by atoms with Crippen molar-refractivity contribution in [2.45, 2.75) is 5.75 Å². The second-order valence-corrected chi connectivity index (χ2v) is 9.34. The number of para-hydroxylation sites is 1. The molecule has 13 heteroatoms. The molecule has 0 aromatic heterocycles. The molecule has 0 spiro atoms. The molecule has 2 aromatic rings. The summed E-state index contributed by atoms with van der Waals surface area (Å²) in [7, 11) is 0.987. The number of hydrogen-bond acceptors (Lipinski definition) is 8. The summed E-state index contributed by atoms with van der Waals surface area (Å²) in [6.45, 7) is 0. The van der Waals surface area contributed by atoms with Gasteiger partial charge < -0.3 is 38.6 Å². The highest BCUT2D eigenvalue weighted by Gasteiger charge is 2.24. The molecule has 186 valence electrons. The van der Waals surface area contributed by atoms with E-state index < -0.39 is 36.5 Å². The largest absolute Gasteiger partial charge is 0.772 e. The van der Waals surface area contributed by atoms with Crippen LogP contribution < -0.4 is 14.8 Å². The van der Waals surface area contributed by atoms with Crippen molar-refractivity contribution in [1.82, 2.24) is 0 Å². The average molecular weight is 514 g/mol. The zero-order valence-electron chi connectivity index (χ0n) is 18.9. The van der Waals surface area contributed by atoms with E-state index in [-0.39, 0.29) is 28.5 Å². The molecule has 0 fully saturated rings. The van der Waals surface area contributed by atoms with Gasteiger partial charge in [0.2, 0.25) is 5.91 Å². The fraction of sp³-hybridized carbons (Fsp3) is 0.286. The first kappa shape index (κ1) is 27.4. The van der Waals surface area contributed by atoms with E-state index in [1.165, 1.54) is 40.6 Å². The topological polar surface area (TPSA) is 164 Å². The van der Waals surface area contributed by atoms with E-state index in [9.17, 15) is 18.1 Å². The first-order valence-electron chi connectivity index (χ1n) is 9.61. The van der Waals surface area contributed by atoms with Crippen LogP contribution in [0.5, 0.6) is 11.5 Å². The lowest BCUT2D eigenvalue weighted by molar-refractivity contribution is -0.114. The van der Waals surface area contributed by atoms with Crippen LogP contribution in [0.15, 0.2) is 36.4 Å². The summed E-state index contributed by atoms with van der Waals surface area (Å²) in [5.41, 5.74) is 1.06. The van der Waals surface area contributed by atoms with Gasteiger partial charge in [-0.25, -0.2) is 0 Å². The van der Waals surface area contributed by atoms with Gasteiger partial charge in [-0.3, -0.25) is 13.6 Å². The van der Waals surface area contributed by atoms with Gasteiger partial charge in [-0.05, 0) is 29.8 Å². The Kier molecular flexibility index (Phi) is 9.66. The quantitative estimate of drug-likeness (QED) is 0.175. The van der Waals surface area contributed by atoms with Crippen molar-refractivity contribution < 1.29 is 46.9 Å². The first-order valence-corrected chi connectivity index (χ1v) is 12.7. The minimum atomic E-state index is -4.61. The average Bonchev–Trinajstić information content (AvgIpc) is 2.76. The van der Waals surface area contributed by atoms with Crippen molar-refractivity contribution in [2.24, 2.45) is 0 Å². The van der Waals surface area contributed by atoms with E-state index in [2.05, 4.69) is 5.32 Å². The fourth-order valence-electron chi connectivity index (χ4n) is 3.21. The van der Waals surface area contributed by atoms with Crippen LogP contribution in [0.2, 0.25) is 0 Å². The number of benzene rings is 2. The van der Waals surface area contributed by atoms with Crippen molar-refractivity contribution in [3.63, 3.8) is 0 Å². The first-order chi connectivity index (χ1) is 16.0. The fourth-order valence-corrected chi connectivity index (χ4v) is 4.15. The zero-order valence-corrected chi connectivity index (χ0v) is 20.6. The van der Waals surface area contributed by atoms with Gasteiger partial charge in [0, 0.05) is 11.3 Å². The molecule has 0 radical (unpaired) electrons. The number of ether oxygens (including phenoxy) is 4. The molecule has 2 aromatic carbocycles. The van der Waals surface area contributed by atoms with Gasteiger partial charge in [0.1, 0.15) is 17.7 Å². The second-order valence-electron chi connectivity index (χ2n) is 6.80. The van der Waals surface area contributed by atoms with Crippen LogP contribution in [-0.2, 0) is 35.7 Å². The molecule has 0 saturated heterocycles. The Balaban J connectivity index is 2.74. The Bertz CT molecular complexity index is 1140. The molecule has 0 aliphatic rings. The van der Waals surface area contributed by atoms with Gasteiger partial charge in [-0.1, -0.05) is 23.2 Å². The van der Waals surface area contributed by atoms with Crippen molar-refractivity contribution in [3.05, 3.63) is 53.1 Å². The monoisotopic (exact) mass is 514 g/mol. The highest BCUT2D eigenvalue weighted by molar-refractivity contribution is 7.78. The van der Waals surface area contributed by atoms with Gasteiger partial charge in [-0.2, -0.15) is 0 Å². The molecule has 1 atom stereocenters. The van der Waals surface area contributed by atoms with E-state index in [0.29, 0.717) is 16.9 Å². The van der Waals surface area contributed by atoms with Crippen molar-refractivity contribution in [2.75, 3.05) is 39.9 Å². The number of anilines is 1. The maximum Gasteiger partial charge on any atom is 0.334 e. The number of nitrogens with one attached hydrogen (secondary N) is 1. The lowest BCUT2D eigenvalue weighted by atomic mass is 10.0. The summed E-state index contributed by atoms with van der Waals surface area (Å²) < 4.78 is 56.2. The number of amides is 1. The Morgan fingerprint density at radius 1 is 1.00 bits per heavy atom. The Morgan fingerprint density at radius 3 is 2.12 bits per heavy atom. The molecule has 0 aliphatic carbocycles. The predicted molar refractivity (Wildman–Crippen MR) is 125 cm³/mol. The molecular formula is C21H25NO10PS-. The summed E-state index contributed by atoms with van der Waals surface area (Å²) >= 11 is -2.53. The molecule has 2 rings (SSSR count). The molecule has 11 nitrogen and oxygen atoms in total. The molecule has 3 N–H and O–H groups in total. The van der Waals surface area contributed by atoms with E-state index in [0.717, 1.165) is 0 Å². The highest BCUT2D eigenvalue weighted by Crippen LogP contribution is 2.39. The van der Waals surface area contributed by atoms with Crippen molar-refractivity contribution in [3.8, 4) is 11.5 Å². The van der Waals surface area contributed by atoms with Crippen LogP contribution in [0.25, 0.3) is 11.5 Å². The summed E-state index contributed by atoms with van der Waals surface area (Å²) in [6, 6.07) is 9.74. The molecule has 0 saturated carbocycles. The Hall–Kier alpha value is -2.89. The van der Waals surface area contributed by atoms with Gasteiger partial charge in [0.15, 0.2) is 11.5 Å². The Morgan fingerprint density at radius 2 is 1.59 bits per heavy atom. The van der Waals surface area contributed by atoms with Crippen molar-refractivity contribution >= 4 is 41.8 Å². The highest BCUT2D eigenvalue weighted by atomic mass is 32.2. The normalized spacial score (nSPS) is 12.9. The zero-order chi connectivity index (χ0) is 25.5. The number of hydrogen-bond donors (Lipinski definition) is 3. The van der Waals surface area contributed by atoms with Crippen molar-refractivity contribution in [1.29, 1.82) is 0 Å². The van der Waals surface area contributed by atoms with E-state index >= 15 is 0 Å².